The van der Waals surface area contributed by atoms with Crippen LogP contribution < -0.4 is 15.5 Å². The largest absolute Gasteiger partial charge is 0.378 e. The molecule has 2 aromatic heterocycles. The van der Waals surface area contributed by atoms with Gasteiger partial charge in [-0.05, 0) is 54.1 Å². The van der Waals surface area contributed by atoms with E-state index >= 15 is 4.39 Å². The summed E-state index contributed by atoms with van der Waals surface area (Å²) in [6.45, 7) is 2.39. The molecule has 13 heteroatoms. The molecule has 0 spiro atoms. The van der Waals surface area contributed by atoms with E-state index in [-0.39, 0.29) is 22.8 Å². The summed E-state index contributed by atoms with van der Waals surface area (Å²) < 4.78 is 35.4. The molecule has 1 fully saturated rings. The second kappa shape index (κ2) is 12.6. The lowest BCUT2D eigenvalue weighted by atomic mass is 10.1. The highest BCUT2D eigenvalue weighted by molar-refractivity contribution is 6.01. The Morgan fingerprint density at radius 1 is 0.822 bits per heavy atom. The lowest BCUT2D eigenvalue weighted by molar-refractivity contribution is 0.0827. The topological polar surface area (TPSA) is 125 Å². The fraction of sp³-hybridized carbons (Fsp3) is 0.188. The Hall–Kier alpha value is -5.56. The zero-order valence-electron chi connectivity index (χ0n) is 24.4. The van der Waals surface area contributed by atoms with Crippen molar-refractivity contribution in [2.75, 3.05) is 55.9 Å². The van der Waals surface area contributed by atoms with Crippen LogP contribution in [0.2, 0.25) is 0 Å². The SMILES string of the molecule is CN(C)C(=O)c1ccc(NC(=O)Nc2ccc(-c3nc(N4CCOCC4)c4ccc(-c5cncnc5)cc4n3)cc2F)c(F)c1. The fourth-order valence-corrected chi connectivity index (χ4v) is 4.93. The molecule has 45 heavy (non-hydrogen) atoms. The first kappa shape index (κ1) is 29.5. The standard InChI is InChI=1S/C32H28F2N8O3/c1-41(2)31(43)21-5-8-27(25(34)14-21)39-32(44)38-26-7-4-20(13-24(26)33)29-37-28-15-19(22-16-35-18-36-17-22)3-6-23(28)30(40-29)42-9-11-45-12-10-42/h3-8,13-18H,9-12H2,1-2H3,(H2,38,39,44). The van der Waals surface area contributed by atoms with Crippen LogP contribution in [-0.4, -0.2) is 77.2 Å². The van der Waals surface area contributed by atoms with Crippen LogP contribution in [0.15, 0.2) is 73.3 Å². The lowest BCUT2D eigenvalue weighted by Gasteiger charge is -2.29. The van der Waals surface area contributed by atoms with Gasteiger partial charge in [-0.2, -0.15) is 0 Å². The van der Waals surface area contributed by atoms with E-state index in [0.29, 0.717) is 49.0 Å². The van der Waals surface area contributed by atoms with Gasteiger partial charge in [0.2, 0.25) is 0 Å². The van der Waals surface area contributed by atoms with E-state index in [2.05, 4.69) is 25.5 Å². The summed E-state index contributed by atoms with van der Waals surface area (Å²) >= 11 is 0. The molecule has 3 aromatic carbocycles. The van der Waals surface area contributed by atoms with Gasteiger partial charge in [0.25, 0.3) is 5.91 Å². The number of morpholine rings is 1. The molecule has 2 N–H and O–H groups in total. The van der Waals surface area contributed by atoms with Crippen molar-refractivity contribution in [2.45, 2.75) is 0 Å². The number of nitrogens with zero attached hydrogens (tertiary/aromatic N) is 6. The summed E-state index contributed by atoms with van der Waals surface area (Å²) in [7, 11) is 3.10. The normalized spacial score (nSPS) is 13.0. The predicted molar refractivity (Wildman–Crippen MR) is 166 cm³/mol. The zero-order valence-corrected chi connectivity index (χ0v) is 24.4. The third kappa shape index (κ3) is 6.38. The van der Waals surface area contributed by atoms with Crippen molar-refractivity contribution in [1.29, 1.82) is 0 Å². The summed E-state index contributed by atoms with van der Waals surface area (Å²) in [5.74, 6) is -0.917. The summed E-state index contributed by atoms with van der Waals surface area (Å²) in [6.07, 6.45) is 4.89. The van der Waals surface area contributed by atoms with Gasteiger partial charge in [0.05, 0.1) is 30.1 Å². The quantitative estimate of drug-likeness (QED) is 0.268. The third-order valence-corrected chi connectivity index (χ3v) is 7.23. The zero-order chi connectivity index (χ0) is 31.5. The van der Waals surface area contributed by atoms with Crippen molar-refractivity contribution >= 4 is 40.0 Å². The summed E-state index contributed by atoms with van der Waals surface area (Å²) in [4.78, 5) is 45.9. The van der Waals surface area contributed by atoms with Crippen molar-refractivity contribution in [1.82, 2.24) is 24.8 Å². The van der Waals surface area contributed by atoms with Crippen molar-refractivity contribution in [3.63, 3.8) is 0 Å². The number of fused-ring (bicyclic) bond motifs is 1. The van der Waals surface area contributed by atoms with E-state index in [1.807, 2.05) is 18.2 Å². The number of urea groups is 1. The first-order valence-corrected chi connectivity index (χ1v) is 14.1. The van der Waals surface area contributed by atoms with Crippen molar-refractivity contribution < 1.29 is 23.1 Å². The molecule has 0 unspecified atom stereocenters. The van der Waals surface area contributed by atoms with E-state index in [9.17, 15) is 14.0 Å². The predicted octanol–water partition coefficient (Wildman–Crippen LogP) is 5.21. The molecule has 1 aliphatic heterocycles. The molecule has 0 saturated carbocycles. The van der Waals surface area contributed by atoms with E-state index in [1.54, 1.807) is 32.6 Å². The maximum atomic E-state index is 15.3. The van der Waals surface area contributed by atoms with E-state index in [1.165, 1.54) is 35.5 Å². The minimum absolute atomic E-state index is 0.128. The molecule has 3 amide bonds. The molecular formula is C32H28F2N8O3. The molecule has 0 aliphatic carbocycles. The number of amides is 3. The van der Waals surface area contributed by atoms with Gasteiger partial charge in [0.1, 0.15) is 23.8 Å². The number of benzene rings is 3. The highest BCUT2D eigenvalue weighted by Gasteiger charge is 2.20. The fourth-order valence-electron chi connectivity index (χ4n) is 4.93. The Kier molecular flexibility index (Phi) is 8.25. The van der Waals surface area contributed by atoms with Crippen LogP contribution in [0.3, 0.4) is 0 Å². The highest BCUT2D eigenvalue weighted by Crippen LogP contribution is 2.32. The van der Waals surface area contributed by atoms with Crippen molar-refractivity contribution in [2.24, 2.45) is 0 Å². The summed E-state index contributed by atoms with van der Waals surface area (Å²) in [5, 5.41) is 5.58. The highest BCUT2D eigenvalue weighted by atomic mass is 19.1. The van der Waals surface area contributed by atoms with Gasteiger partial charge in [-0.15, -0.1) is 0 Å². The number of hydrogen-bond acceptors (Lipinski definition) is 8. The first-order chi connectivity index (χ1) is 21.8. The number of carbonyl (C=O) groups is 2. The van der Waals surface area contributed by atoms with Crippen LogP contribution in [-0.2, 0) is 4.74 Å². The Morgan fingerprint density at radius 2 is 1.49 bits per heavy atom. The Bertz CT molecular complexity index is 1900. The minimum atomic E-state index is -0.860. The number of anilines is 3. The maximum Gasteiger partial charge on any atom is 0.323 e. The first-order valence-electron chi connectivity index (χ1n) is 14.1. The molecule has 3 heterocycles. The smallest absolute Gasteiger partial charge is 0.323 e. The van der Waals surface area contributed by atoms with Gasteiger partial charge in [-0.1, -0.05) is 6.07 Å². The number of carbonyl (C=O) groups excluding carboxylic acids is 2. The number of nitrogens with one attached hydrogen (secondary N) is 2. The van der Waals surface area contributed by atoms with Gasteiger partial charge in [0, 0.05) is 61.7 Å². The Morgan fingerprint density at radius 3 is 2.16 bits per heavy atom. The number of halogens is 2. The van der Waals surface area contributed by atoms with Crippen LogP contribution in [0.5, 0.6) is 0 Å². The molecule has 1 aliphatic rings. The molecule has 0 atom stereocenters. The van der Waals surface area contributed by atoms with Crippen molar-refractivity contribution in [3.8, 4) is 22.5 Å². The van der Waals surface area contributed by atoms with Gasteiger partial charge in [-0.3, -0.25) is 4.79 Å². The molecular weight excluding hydrogens is 582 g/mol. The molecule has 0 radical (unpaired) electrons. The van der Waals surface area contributed by atoms with Crippen LogP contribution >= 0.6 is 0 Å². The van der Waals surface area contributed by atoms with E-state index in [0.717, 1.165) is 22.6 Å². The van der Waals surface area contributed by atoms with Crippen LogP contribution in [0.4, 0.5) is 30.8 Å². The van der Waals surface area contributed by atoms with Gasteiger partial charge in [0.15, 0.2) is 5.82 Å². The summed E-state index contributed by atoms with van der Waals surface area (Å²) in [5.41, 5.74) is 2.58. The minimum Gasteiger partial charge on any atom is -0.378 e. The average molecular weight is 611 g/mol. The van der Waals surface area contributed by atoms with E-state index < -0.39 is 17.7 Å². The molecule has 11 nitrogen and oxygen atoms in total. The van der Waals surface area contributed by atoms with Crippen LogP contribution in [0.25, 0.3) is 33.4 Å². The molecule has 5 aromatic rings. The molecule has 0 bridgehead atoms. The maximum absolute atomic E-state index is 15.3. The van der Waals surface area contributed by atoms with Crippen LogP contribution in [0.1, 0.15) is 10.4 Å². The third-order valence-electron chi connectivity index (χ3n) is 7.23. The lowest BCUT2D eigenvalue weighted by Crippen LogP contribution is -2.37. The van der Waals surface area contributed by atoms with Crippen LogP contribution in [0, 0.1) is 11.6 Å². The molecule has 1 saturated heterocycles. The van der Waals surface area contributed by atoms with Gasteiger partial charge in [-0.25, -0.2) is 33.5 Å². The number of ether oxygens (including phenoxy) is 1. The number of hydrogen-bond donors (Lipinski definition) is 2. The Labute approximate surface area is 256 Å². The Balaban J connectivity index is 1.27. The van der Waals surface area contributed by atoms with Gasteiger partial charge < -0.3 is 25.2 Å². The monoisotopic (exact) mass is 610 g/mol. The second-order valence-electron chi connectivity index (χ2n) is 10.5. The second-order valence-corrected chi connectivity index (χ2v) is 10.5. The van der Waals surface area contributed by atoms with Gasteiger partial charge >= 0.3 is 6.03 Å². The number of aromatic nitrogens is 4. The molecule has 228 valence electrons. The van der Waals surface area contributed by atoms with E-state index in [4.69, 9.17) is 14.7 Å². The molecule has 6 rings (SSSR count). The van der Waals surface area contributed by atoms with Crippen molar-refractivity contribution in [3.05, 3.63) is 90.5 Å². The number of rotatable bonds is 6. The summed E-state index contributed by atoms with van der Waals surface area (Å²) in [6, 6.07) is 12.9. The average Bonchev–Trinajstić information content (AvgIpc) is 3.06.